The van der Waals surface area contributed by atoms with Crippen molar-refractivity contribution in [2.24, 2.45) is 0 Å². The summed E-state index contributed by atoms with van der Waals surface area (Å²) in [6.45, 7) is 4.45. The molecule has 0 spiro atoms. The molecule has 38 heavy (non-hydrogen) atoms. The second-order valence-electron chi connectivity index (χ2n) is 10.1. The first-order chi connectivity index (χ1) is 18.5. The number of carbonyl (C=O) groups is 1. The standard InChI is InChI=1S/C34H35O3P/c1-23(2)24-13-15-25(16-14-24)26-21-30(28-9-5-7-11-32(28)36-3)34(38-19-17-27(35)18-20-38)31(22-26)29-10-6-8-12-33(29)37-4/h5-16,21-23H,17-20H2,1-4H3. The van der Waals surface area contributed by atoms with Crippen molar-refractivity contribution in [2.45, 2.75) is 32.6 Å². The van der Waals surface area contributed by atoms with E-state index < -0.39 is 7.92 Å². The second-order valence-corrected chi connectivity index (χ2v) is 12.5. The molecule has 4 heteroatoms. The molecule has 0 bridgehead atoms. The third kappa shape index (κ3) is 5.26. The van der Waals surface area contributed by atoms with Crippen molar-refractivity contribution >= 4 is 19.0 Å². The average molecular weight is 523 g/mol. The molecule has 1 aliphatic rings. The molecule has 0 aliphatic carbocycles. The van der Waals surface area contributed by atoms with Gasteiger partial charge in [-0.3, -0.25) is 4.79 Å². The Hall–Kier alpha value is -3.42. The Morgan fingerprint density at radius 3 is 1.63 bits per heavy atom. The molecule has 0 radical (unpaired) electrons. The zero-order valence-electron chi connectivity index (χ0n) is 22.7. The summed E-state index contributed by atoms with van der Waals surface area (Å²) in [4.78, 5) is 12.2. The number of hydrogen-bond donors (Lipinski definition) is 0. The van der Waals surface area contributed by atoms with Gasteiger partial charge in [0.25, 0.3) is 0 Å². The van der Waals surface area contributed by atoms with Crippen LogP contribution in [0.25, 0.3) is 33.4 Å². The average Bonchev–Trinajstić information content (AvgIpc) is 2.97. The third-order valence-corrected chi connectivity index (χ3v) is 10.1. The van der Waals surface area contributed by atoms with Gasteiger partial charge in [-0.05, 0) is 75.6 Å². The van der Waals surface area contributed by atoms with Crippen molar-refractivity contribution < 1.29 is 14.3 Å². The highest BCUT2D eigenvalue weighted by Gasteiger charge is 2.28. The topological polar surface area (TPSA) is 35.5 Å². The van der Waals surface area contributed by atoms with E-state index >= 15 is 0 Å². The molecule has 1 saturated heterocycles. The fraction of sp³-hybridized carbons (Fsp3) is 0.265. The van der Waals surface area contributed by atoms with Crippen LogP contribution in [0.1, 0.15) is 38.2 Å². The first-order valence-electron chi connectivity index (χ1n) is 13.3. The van der Waals surface area contributed by atoms with Gasteiger partial charge >= 0.3 is 0 Å². The van der Waals surface area contributed by atoms with Crippen molar-refractivity contribution in [2.75, 3.05) is 26.5 Å². The lowest BCUT2D eigenvalue weighted by Crippen LogP contribution is -2.20. The van der Waals surface area contributed by atoms with E-state index in [0.717, 1.165) is 40.5 Å². The lowest BCUT2D eigenvalue weighted by molar-refractivity contribution is -0.118. The van der Waals surface area contributed by atoms with E-state index in [9.17, 15) is 4.79 Å². The van der Waals surface area contributed by atoms with E-state index in [0.29, 0.717) is 24.5 Å². The highest BCUT2D eigenvalue weighted by Crippen LogP contribution is 2.49. The molecule has 5 rings (SSSR count). The highest BCUT2D eigenvalue weighted by atomic mass is 31.1. The molecule has 1 heterocycles. The van der Waals surface area contributed by atoms with Crippen LogP contribution in [0.15, 0.2) is 84.9 Å². The molecule has 4 aromatic carbocycles. The third-order valence-electron chi connectivity index (χ3n) is 7.45. The quantitative estimate of drug-likeness (QED) is 0.229. The van der Waals surface area contributed by atoms with Crippen molar-refractivity contribution in [3.05, 3.63) is 90.5 Å². The van der Waals surface area contributed by atoms with Gasteiger partial charge in [0.05, 0.1) is 14.2 Å². The predicted octanol–water partition coefficient (Wildman–Crippen LogP) is 8.30. The number of para-hydroxylation sites is 2. The minimum atomic E-state index is -0.544. The Bertz CT molecular complexity index is 1360. The maximum Gasteiger partial charge on any atom is 0.133 e. The molecule has 4 aromatic rings. The summed E-state index contributed by atoms with van der Waals surface area (Å²) in [5, 5.41) is 1.34. The molecule has 0 atom stereocenters. The van der Waals surface area contributed by atoms with Crippen LogP contribution in [-0.2, 0) is 4.79 Å². The minimum absolute atomic E-state index is 0.378. The summed E-state index contributed by atoms with van der Waals surface area (Å²) >= 11 is 0. The number of carbonyl (C=O) groups excluding carboxylic acids is 1. The SMILES string of the molecule is COc1ccccc1-c1cc(-c2ccc(C(C)C)cc2)cc(-c2ccccc2OC)c1P1CCC(=O)CC1. The van der Waals surface area contributed by atoms with Gasteiger partial charge in [-0.2, -0.15) is 0 Å². The van der Waals surface area contributed by atoms with Crippen LogP contribution in [0.2, 0.25) is 0 Å². The van der Waals surface area contributed by atoms with E-state index in [-0.39, 0.29) is 0 Å². The molecule has 0 saturated carbocycles. The fourth-order valence-electron chi connectivity index (χ4n) is 5.33. The van der Waals surface area contributed by atoms with E-state index in [1.165, 1.54) is 27.6 Å². The second kappa shape index (κ2) is 11.5. The number of benzene rings is 4. The van der Waals surface area contributed by atoms with E-state index in [1.807, 2.05) is 24.3 Å². The van der Waals surface area contributed by atoms with Gasteiger partial charge in [0.1, 0.15) is 17.3 Å². The van der Waals surface area contributed by atoms with Crippen LogP contribution in [-0.4, -0.2) is 32.3 Å². The van der Waals surface area contributed by atoms with Crippen molar-refractivity contribution in [1.29, 1.82) is 0 Å². The number of ether oxygens (including phenoxy) is 2. The molecule has 194 valence electrons. The van der Waals surface area contributed by atoms with Crippen LogP contribution >= 0.6 is 7.92 Å². The first kappa shape index (κ1) is 26.2. The first-order valence-corrected chi connectivity index (χ1v) is 15.0. The predicted molar refractivity (Wildman–Crippen MR) is 160 cm³/mol. The van der Waals surface area contributed by atoms with Crippen LogP contribution in [0.4, 0.5) is 0 Å². The molecule has 1 fully saturated rings. The zero-order chi connectivity index (χ0) is 26.6. The summed E-state index contributed by atoms with van der Waals surface area (Å²) in [6, 6.07) is 30.1. The Morgan fingerprint density at radius 1 is 0.658 bits per heavy atom. The summed E-state index contributed by atoms with van der Waals surface area (Å²) in [7, 11) is 2.93. The minimum Gasteiger partial charge on any atom is -0.496 e. The van der Waals surface area contributed by atoms with Crippen molar-refractivity contribution in [3.8, 4) is 44.9 Å². The van der Waals surface area contributed by atoms with Gasteiger partial charge in [-0.25, -0.2) is 0 Å². The van der Waals surface area contributed by atoms with Gasteiger partial charge in [0.15, 0.2) is 0 Å². The van der Waals surface area contributed by atoms with Crippen molar-refractivity contribution in [3.63, 3.8) is 0 Å². The highest BCUT2D eigenvalue weighted by molar-refractivity contribution is 7.66. The van der Waals surface area contributed by atoms with Crippen LogP contribution in [0.5, 0.6) is 11.5 Å². The molecule has 3 nitrogen and oxygen atoms in total. The van der Waals surface area contributed by atoms with Gasteiger partial charge in [-0.15, -0.1) is 0 Å². The number of Topliss-reactive ketones (excluding diaryl/α,β-unsaturated/α-hetero) is 1. The normalized spacial score (nSPS) is 14.1. The number of hydrogen-bond acceptors (Lipinski definition) is 3. The van der Waals surface area contributed by atoms with E-state index in [1.54, 1.807) is 14.2 Å². The number of methoxy groups -OCH3 is 2. The smallest absolute Gasteiger partial charge is 0.133 e. The lowest BCUT2D eigenvalue weighted by atomic mass is 9.91. The Kier molecular flexibility index (Phi) is 7.95. The van der Waals surface area contributed by atoms with E-state index in [2.05, 4.69) is 74.5 Å². The largest absolute Gasteiger partial charge is 0.496 e. The van der Waals surface area contributed by atoms with E-state index in [4.69, 9.17) is 9.47 Å². The van der Waals surface area contributed by atoms with Crippen LogP contribution in [0, 0.1) is 0 Å². The Balaban J connectivity index is 1.82. The number of ketones is 1. The van der Waals surface area contributed by atoms with Gasteiger partial charge in [0.2, 0.25) is 0 Å². The Labute approximate surface area is 227 Å². The molecule has 0 N–H and O–H groups in total. The summed E-state index contributed by atoms with van der Waals surface area (Å²) in [5.41, 5.74) is 8.22. The van der Waals surface area contributed by atoms with Gasteiger partial charge < -0.3 is 9.47 Å². The molecule has 0 aromatic heterocycles. The maximum absolute atomic E-state index is 12.2. The Morgan fingerprint density at radius 2 is 1.16 bits per heavy atom. The van der Waals surface area contributed by atoms with Gasteiger partial charge in [-0.1, -0.05) is 82.4 Å². The van der Waals surface area contributed by atoms with Crippen molar-refractivity contribution in [1.82, 2.24) is 0 Å². The molecule has 0 unspecified atom stereocenters. The van der Waals surface area contributed by atoms with Crippen LogP contribution < -0.4 is 14.8 Å². The molecule has 1 aliphatic heterocycles. The zero-order valence-corrected chi connectivity index (χ0v) is 23.6. The van der Waals surface area contributed by atoms with Gasteiger partial charge in [0, 0.05) is 24.0 Å². The fourth-order valence-corrected chi connectivity index (χ4v) is 8.09. The summed E-state index contributed by atoms with van der Waals surface area (Å²) in [5.74, 6) is 2.57. The summed E-state index contributed by atoms with van der Waals surface area (Å²) in [6.07, 6.45) is 3.14. The monoisotopic (exact) mass is 522 g/mol. The van der Waals surface area contributed by atoms with Crippen LogP contribution in [0.3, 0.4) is 0 Å². The lowest BCUT2D eigenvalue weighted by Gasteiger charge is -2.29. The molecular weight excluding hydrogens is 487 g/mol. The maximum atomic E-state index is 12.2. The number of rotatable bonds is 7. The molecular formula is C34H35O3P. The summed E-state index contributed by atoms with van der Waals surface area (Å²) < 4.78 is 11.7. The molecule has 0 amide bonds.